The van der Waals surface area contributed by atoms with Gasteiger partial charge in [0.2, 0.25) is 0 Å². The Balaban J connectivity index is 1.70. The zero-order valence-corrected chi connectivity index (χ0v) is 20.2. The van der Waals surface area contributed by atoms with Crippen molar-refractivity contribution in [3.05, 3.63) is 138 Å². The van der Waals surface area contributed by atoms with Gasteiger partial charge < -0.3 is 0 Å². The van der Waals surface area contributed by atoms with Crippen LogP contribution >= 0.6 is 0 Å². The molecule has 0 aliphatic carbocycles. The van der Waals surface area contributed by atoms with Gasteiger partial charge in [0.25, 0.3) is 15.9 Å². The third kappa shape index (κ3) is 4.38. The average Bonchev–Trinajstić information content (AvgIpc) is 3.18. The molecule has 1 fully saturated rings. The van der Waals surface area contributed by atoms with Crippen molar-refractivity contribution >= 4 is 15.9 Å². The van der Waals surface area contributed by atoms with Gasteiger partial charge in [-0.1, -0.05) is 109 Å². The summed E-state index contributed by atoms with van der Waals surface area (Å²) in [6.45, 7) is 2.31. The van der Waals surface area contributed by atoms with Crippen molar-refractivity contribution in [2.24, 2.45) is 0 Å². The molecule has 35 heavy (non-hydrogen) atoms. The fraction of sp³-hybridized carbons (Fsp3) is 0.138. The standard InChI is InChI=1S/C29H26N2O3S/c1-22-17-19-26(20-18-22)35(33,34)31-28(25-15-9-4-10-16-25)30(21-23-11-5-2-6-12-23)27(29(31)32)24-13-7-3-8-14-24/h2-20,27-28H,21H2,1H3/t27-,28-/m1/s1. The van der Waals surface area contributed by atoms with E-state index in [1.807, 2.05) is 103 Å². The van der Waals surface area contributed by atoms with Crippen molar-refractivity contribution in [3.8, 4) is 0 Å². The molecule has 6 heteroatoms. The molecule has 0 spiro atoms. The summed E-state index contributed by atoms with van der Waals surface area (Å²) >= 11 is 0. The lowest BCUT2D eigenvalue weighted by Crippen LogP contribution is -2.37. The Morgan fingerprint density at radius 2 is 1.20 bits per heavy atom. The maximum Gasteiger partial charge on any atom is 0.268 e. The zero-order chi connectivity index (χ0) is 24.4. The molecule has 2 atom stereocenters. The number of hydrogen-bond acceptors (Lipinski definition) is 4. The summed E-state index contributed by atoms with van der Waals surface area (Å²) < 4.78 is 29.1. The second-order valence-corrected chi connectivity index (χ2v) is 10.5. The molecule has 0 N–H and O–H groups in total. The number of rotatable bonds is 6. The van der Waals surface area contributed by atoms with E-state index in [4.69, 9.17) is 0 Å². The Morgan fingerprint density at radius 1 is 0.686 bits per heavy atom. The molecular formula is C29H26N2O3S. The van der Waals surface area contributed by atoms with Crippen molar-refractivity contribution < 1.29 is 13.2 Å². The van der Waals surface area contributed by atoms with E-state index in [0.717, 1.165) is 26.6 Å². The molecule has 1 aliphatic rings. The van der Waals surface area contributed by atoms with Crippen molar-refractivity contribution in [3.63, 3.8) is 0 Å². The smallest absolute Gasteiger partial charge is 0.268 e. The molecule has 0 radical (unpaired) electrons. The minimum atomic E-state index is -4.13. The van der Waals surface area contributed by atoms with Gasteiger partial charge >= 0.3 is 0 Å². The molecule has 5 nitrogen and oxygen atoms in total. The third-order valence-corrected chi connectivity index (χ3v) is 8.08. The van der Waals surface area contributed by atoms with Crippen LogP contribution in [-0.4, -0.2) is 23.5 Å². The van der Waals surface area contributed by atoms with Crippen LogP contribution in [0.1, 0.15) is 34.5 Å². The fourth-order valence-corrected chi connectivity index (χ4v) is 6.18. The lowest BCUT2D eigenvalue weighted by molar-refractivity contribution is -0.126. The van der Waals surface area contributed by atoms with E-state index in [2.05, 4.69) is 0 Å². The van der Waals surface area contributed by atoms with Gasteiger partial charge in [0.1, 0.15) is 12.2 Å². The molecule has 1 heterocycles. The number of nitrogens with zero attached hydrogens (tertiary/aromatic N) is 2. The van der Waals surface area contributed by atoms with Crippen LogP contribution in [-0.2, 0) is 21.4 Å². The predicted molar refractivity (Wildman–Crippen MR) is 136 cm³/mol. The van der Waals surface area contributed by atoms with Gasteiger partial charge in [-0.25, -0.2) is 12.7 Å². The van der Waals surface area contributed by atoms with Crippen LogP contribution in [0.4, 0.5) is 0 Å². The number of sulfonamides is 1. The van der Waals surface area contributed by atoms with Crippen molar-refractivity contribution in [1.82, 2.24) is 9.21 Å². The summed E-state index contributed by atoms with van der Waals surface area (Å²) in [7, 11) is -4.13. The van der Waals surface area contributed by atoms with Gasteiger partial charge in [-0.3, -0.25) is 9.69 Å². The first-order valence-electron chi connectivity index (χ1n) is 11.5. The Hall–Kier alpha value is -3.74. The van der Waals surface area contributed by atoms with E-state index in [9.17, 15) is 13.2 Å². The second-order valence-electron chi connectivity index (χ2n) is 8.71. The average molecular weight is 483 g/mol. The van der Waals surface area contributed by atoms with Crippen LogP contribution in [0.2, 0.25) is 0 Å². The summed E-state index contributed by atoms with van der Waals surface area (Å²) in [5.41, 5.74) is 3.45. The van der Waals surface area contributed by atoms with Crippen molar-refractivity contribution in [2.75, 3.05) is 0 Å². The summed E-state index contributed by atoms with van der Waals surface area (Å²) in [5, 5.41) is 0. The van der Waals surface area contributed by atoms with Gasteiger partial charge in [0, 0.05) is 6.54 Å². The van der Waals surface area contributed by atoms with E-state index in [-0.39, 0.29) is 4.90 Å². The molecule has 1 aliphatic heterocycles. The Kier molecular flexibility index (Phi) is 6.24. The molecule has 0 aromatic heterocycles. The fourth-order valence-electron chi connectivity index (χ4n) is 4.63. The highest BCUT2D eigenvalue weighted by molar-refractivity contribution is 7.89. The van der Waals surface area contributed by atoms with E-state index < -0.39 is 28.1 Å². The first kappa shape index (κ1) is 23.0. The monoisotopic (exact) mass is 482 g/mol. The Labute approximate surface area is 206 Å². The van der Waals surface area contributed by atoms with E-state index in [1.165, 1.54) is 0 Å². The minimum absolute atomic E-state index is 0.103. The number of amides is 1. The van der Waals surface area contributed by atoms with Gasteiger partial charge in [0.15, 0.2) is 0 Å². The normalized spacial score (nSPS) is 18.7. The molecule has 4 aromatic carbocycles. The lowest BCUT2D eigenvalue weighted by Gasteiger charge is -2.31. The second kappa shape index (κ2) is 9.49. The van der Waals surface area contributed by atoms with Crippen LogP contribution in [0, 0.1) is 6.92 Å². The molecule has 0 unspecified atom stereocenters. The molecule has 1 amide bonds. The van der Waals surface area contributed by atoms with Gasteiger partial charge in [0.05, 0.1) is 4.90 Å². The molecule has 0 saturated carbocycles. The van der Waals surface area contributed by atoms with E-state index in [1.54, 1.807) is 24.3 Å². The highest BCUT2D eigenvalue weighted by Crippen LogP contribution is 2.45. The molecule has 1 saturated heterocycles. The van der Waals surface area contributed by atoms with Gasteiger partial charge in [-0.15, -0.1) is 0 Å². The van der Waals surface area contributed by atoms with Crippen LogP contribution in [0.5, 0.6) is 0 Å². The largest absolute Gasteiger partial charge is 0.271 e. The van der Waals surface area contributed by atoms with E-state index >= 15 is 0 Å². The minimum Gasteiger partial charge on any atom is -0.271 e. The summed E-state index contributed by atoms with van der Waals surface area (Å²) in [4.78, 5) is 16.2. The summed E-state index contributed by atoms with van der Waals surface area (Å²) in [6.07, 6.45) is -0.791. The SMILES string of the molecule is Cc1ccc(S(=O)(=O)N2C(=O)[C@@H](c3ccccc3)N(Cc3ccccc3)[C@H]2c2ccccc2)cc1. The number of hydrogen-bond donors (Lipinski definition) is 0. The maximum absolute atomic E-state index is 14.1. The zero-order valence-electron chi connectivity index (χ0n) is 19.4. The summed E-state index contributed by atoms with van der Waals surface area (Å²) in [5.74, 6) is -0.457. The highest BCUT2D eigenvalue weighted by atomic mass is 32.2. The molecule has 176 valence electrons. The first-order chi connectivity index (χ1) is 17.0. The van der Waals surface area contributed by atoms with Crippen LogP contribution < -0.4 is 0 Å². The number of carbonyl (C=O) groups is 1. The third-order valence-electron chi connectivity index (χ3n) is 6.32. The topological polar surface area (TPSA) is 57.7 Å². The number of carbonyl (C=O) groups excluding carboxylic acids is 1. The van der Waals surface area contributed by atoms with Gasteiger partial charge in [-0.2, -0.15) is 0 Å². The van der Waals surface area contributed by atoms with Crippen molar-refractivity contribution in [2.45, 2.75) is 30.6 Å². The maximum atomic E-state index is 14.1. The molecule has 5 rings (SSSR count). The van der Waals surface area contributed by atoms with Crippen LogP contribution in [0.15, 0.2) is 120 Å². The lowest BCUT2D eigenvalue weighted by atomic mass is 10.0. The quantitative estimate of drug-likeness (QED) is 0.366. The Morgan fingerprint density at radius 3 is 1.77 bits per heavy atom. The van der Waals surface area contributed by atoms with E-state index in [0.29, 0.717) is 6.54 Å². The molecule has 0 bridgehead atoms. The van der Waals surface area contributed by atoms with Crippen molar-refractivity contribution in [1.29, 1.82) is 0 Å². The molecular weight excluding hydrogens is 456 g/mol. The number of benzene rings is 4. The first-order valence-corrected chi connectivity index (χ1v) is 13.0. The Bertz CT molecular complexity index is 1410. The highest BCUT2D eigenvalue weighted by Gasteiger charge is 2.52. The van der Waals surface area contributed by atoms with Crippen LogP contribution in [0.3, 0.4) is 0 Å². The number of aryl methyl sites for hydroxylation is 1. The molecule has 4 aromatic rings. The predicted octanol–water partition coefficient (Wildman–Crippen LogP) is 5.47. The van der Waals surface area contributed by atoms with Crippen LogP contribution in [0.25, 0.3) is 0 Å². The summed E-state index contributed by atoms with van der Waals surface area (Å²) in [6, 6.07) is 34.5. The van der Waals surface area contributed by atoms with Gasteiger partial charge in [-0.05, 0) is 35.7 Å².